The summed E-state index contributed by atoms with van der Waals surface area (Å²) >= 11 is 0. The standard InChI is InChI=1S/C11H21NO4/c1-7(2)9(12)10(14)15-6-8(13)16-11(3,4)5/h7,9H,6,12H2,1-5H3/t9-/m0/s1. The Balaban J connectivity index is 3.98. The van der Waals surface area contributed by atoms with Crippen LogP contribution in [0.2, 0.25) is 0 Å². The second-order valence-electron chi connectivity index (χ2n) is 4.96. The lowest BCUT2D eigenvalue weighted by atomic mass is 10.1. The fourth-order valence-corrected chi connectivity index (χ4v) is 0.869. The Morgan fingerprint density at radius 1 is 1.25 bits per heavy atom. The van der Waals surface area contributed by atoms with E-state index in [-0.39, 0.29) is 5.92 Å². The summed E-state index contributed by atoms with van der Waals surface area (Å²) in [5.74, 6) is -1.18. The van der Waals surface area contributed by atoms with Crippen molar-refractivity contribution in [2.75, 3.05) is 6.61 Å². The second kappa shape index (κ2) is 5.84. The zero-order valence-electron chi connectivity index (χ0n) is 10.6. The van der Waals surface area contributed by atoms with Crippen molar-refractivity contribution in [2.24, 2.45) is 11.7 Å². The van der Waals surface area contributed by atoms with Crippen LogP contribution < -0.4 is 5.73 Å². The molecule has 1 atom stereocenters. The van der Waals surface area contributed by atoms with Gasteiger partial charge in [0, 0.05) is 0 Å². The minimum Gasteiger partial charge on any atom is -0.457 e. The summed E-state index contributed by atoms with van der Waals surface area (Å²) in [6.45, 7) is 8.45. The highest BCUT2D eigenvalue weighted by atomic mass is 16.6. The van der Waals surface area contributed by atoms with E-state index in [2.05, 4.69) is 0 Å². The number of nitrogens with two attached hydrogens (primary N) is 1. The largest absolute Gasteiger partial charge is 0.457 e. The lowest BCUT2D eigenvalue weighted by Gasteiger charge is -2.20. The molecular weight excluding hydrogens is 210 g/mol. The van der Waals surface area contributed by atoms with Crippen molar-refractivity contribution in [1.29, 1.82) is 0 Å². The number of carbonyl (C=O) groups excluding carboxylic acids is 2. The third-order valence-corrected chi connectivity index (χ3v) is 1.74. The topological polar surface area (TPSA) is 78.6 Å². The normalized spacial score (nSPS) is 13.4. The molecule has 5 heteroatoms. The first-order valence-electron chi connectivity index (χ1n) is 5.27. The molecule has 0 aromatic heterocycles. The second-order valence-corrected chi connectivity index (χ2v) is 4.96. The highest BCUT2D eigenvalue weighted by molar-refractivity contribution is 5.79. The van der Waals surface area contributed by atoms with E-state index in [0.717, 1.165) is 0 Å². The smallest absolute Gasteiger partial charge is 0.344 e. The first-order chi connectivity index (χ1) is 7.13. The molecule has 0 rings (SSSR count). The quantitative estimate of drug-likeness (QED) is 0.726. The Kier molecular flexibility index (Phi) is 5.44. The lowest BCUT2D eigenvalue weighted by Crippen LogP contribution is -2.38. The van der Waals surface area contributed by atoms with Gasteiger partial charge in [-0.2, -0.15) is 0 Å². The summed E-state index contributed by atoms with van der Waals surface area (Å²) in [4.78, 5) is 22.5. The first kappa shape index (κ1) is 14.9. The van der Waals surface area contributed by atoms with Gasteiger partial charge in [0.15, 0.2) is 6.61 Å². The Morgan fingerprint density at radius 3 is 2.12 bits per heavy atom. The van der Waals surface area contributed by atoms with Crippen LogP contribution in [0.15, 0.2) is 0 Å². The number of ether oxygens (including phenoxy) is 2. The zero-order valence-corrected chi connectivity index (χ0v) is 10.6. The molecule has 0 fully saturated rings. The van der Waals surface area contributed by atoms with Gasteiger partial charge in [0.25, 0.3) is 0 Å². The van der Waals surface area contributed by atoms with Crippen LogP contribution in [-0.4, -0.2) is 30.2 Å². The van der Waals surface area contributed by atoms with Crippen LogP contribution in [0, 0.1) is 5.92 Å². The molecule has 0 radical (unpaired) electrons. The number of rotatable bonds is 4. The van der Waals surface area contributed by atoms with Gasteiger partial charge in [0.1, 0.15) is 11.6 Å². The highest BCUT2D eigenvalue weighted by Gasteiger charge is 2.22. The van der Waals surface area contributed by atoms with Gasteiger partial charge in [-0.3, -0.25) is 4.79 Å². The van der Waals surface area contributed by atoms with E-state index < -0.39 is 30.2 Å². The highest BCUT2D eigenvalue weighted by Crippen LogP contribution is 2.07. The molecule has 0 spiro atoms. The van der Waals surface area contributed by atoms with E-state index in [9.17, 15) is 9.59 Å². The minimum atomic E-state index is -0.706. The first-order valence-corrected chi connectivity index (χ1v) is 5.27. The number of esters is 2. The van der Waals surface area contributed by atoms with Crippen LogP contribution in [0.4, 0.5) is 0 Å². The van der Waals surface area contributed by atoms with E-state index in [1.165, 1.54) is 0 Å². The molecule has 5 nitrogen and oxygen atoms in total. The Labute approximate surface area is 96.3 Å². The summed E-state index contributed by atoms with van der Waals surface area (Å²) in [5, 5.41) is 0. The summed E-state index contributed by atoms with van der Waals surface area (Å²) < 4.78 is 9.71. The van der Waals surface area contributed by atoms with Gasteiger partial charge < -0.3 is 15.2 Å². The fraction of sp³-hybridized carbons (Fsp3) is 0.818. The van der Waals surface area contributed by atoms with Gasteiger partial charge in [-0.15, -0.1) is 0 Å². The summed E-state index contributed by atoms with van der Waals surface area (Å²) in [5.41, 5.74) is 4.97. The van der Waals surface area contributed by atoms with E-state index in [4.69, 9.17) is 15.2 Å². The van der Waals surface area contributed by atoms with Crippen LogP contribution >= 0.6 is 0 Å². The van der Waals surface area contributed by atoms with Crippen molar-refractivity contribution in [2.45, 2.75) is 46.3 Å². The molecule has 0 unspecified atom stereocenters. The molecule has 0 heterocycles. The van der Waals surface area contributed by atoms with Crippen molar-refractivity contribution < 1.29 is 19.1 Å². The van der Waals surface area contributed by atoms with E-state index in [0.29, 0.717) is 0 Å². The lowest BCUT2D eigenvalue weighted by molar-refractivity contribution is -0.167. The van der Waals surface area contributed by atoms with Crippen LogP contribution in [-0.2, 0) is 19.1 Å². The predicted molar refractivity (Wildman–Crippen MR) is 59.6 cm³/mol. The van der Waals surface area contributed by atoms with E-state index >= 15 is 0 Å². The monoisotopic (exact) mass is 231 g/mol. The van der Waals surface area contributed by atoms with Crippen LogP contribution in [0.1, 0.15) is 34.6 Å². The third kappa shape index (κ3) is 6.40. The molecule has 2 N–H and O–H groups in total. The van der Waals surface area contributed by atoms with Gasteiger partial charge >= 0.3 is 11.9 Å². The molecule has 0 amide bonds. The van der Waals surface area contributed by atoms with Crippen LogP contribution in [0.3, 0.4) is 0 Å². The molecule has 0 bridgehead atoms. The summed E-state index contributed by atoms with van der Waals surface area (Å²) in [6.07, 6.45) is 0. The third-order valence-electron chi connectivity index (χ3n) is 1.74. The Hall–Kier alpha value is -1.10. The van der Waals surface area contributed by atoms with Crippen molar-refractivity contribution in [3.05, 3.63) is 0 Å². The van der Waals surface area contributed by atoms with Crippen LogP contribution in [0.5, 0.6) is 0 Å². The van der Waals surface area contributed by atoms with Gasteiger partial charge in [-0.25, -0.2) is 4.79 Å². The van der Waals surface area contributed by atoms with Crippen molar-refractivity contribution >= 4 is 11.9 Å². The fourth-order valence-electron chi connectivity index (χ4n) is 0.869. The van der Waals surface area contributed by atoms with Gasteiger partial charge in [0.05, 0.1) is 0 Å². The number of hydrogen-bond acceptors (Lipinski definition) is 5. The van der Waals surface area contributed by atoms with Gasteiger partial charge in [0.2, 0.25) is 0 Å². The molecular formula is C11H21NO4. The minimum absolute atomic E-state index is 0.0221. The van der Waals surface area contributed by atoms with Crippen molar-refractivity contribution in [3.63, 3.8) is 0 Å². The molecule has 16 heavy (non-hydrogen) atoms. The summed E-state index contributed by atoms with van der Waals surface area (Å²) in [7, 11) is 0. The zero-order chi connectivity index (χ0) is 12.9. The molecule has 0 aliphatic rings. The molecule has 0 aromatic carbocycles. The van der Waals surface area contributed by atoms with Crippen molar-refractivity contribution in [1.82, 2.24) is 0 Å². The maximum Gasteiger partial charge on any atom is 0.344 e. The average Bonchev–Trinajstić information content (AvgIpc) is 2.09. The van der Waals surface area contributed by atoms with Gasteiger partial charge in [-0.1, -0.05) is 13.8 Å². The maximum absolute atomic E-state index is 11.3. The predicted octanol–water partition coefficient (Wildman–Crippen LogP) is 0.855. The molecule has 0 aliphatic heterocycles. The number of hydrogen-bond donors (Lipinski definition) is 1. The van der Waals surface area contributed by atoms with Gasteiger partial charge in [-0.05, 0) is 26.7 Å². The van der Waals surface area contributed by atoms with E-state index in [1.807, 2.05) is 0 Å². The molecule has 94 valence electrons. The SMILES string of the molecule is CC(C)[C@H](N)C(=O)OCC(=O)OC(C)(C)C. The average molecular weight is 231 g/mol. The maximum atomic E-state index is 11.3. The Bertz CT molecular complexity index is 255. The molecule has 0 aliphatic carbocycles. The van der Waals surface area contributed by atoms with Crippen LogP contribution in [0.25, 0.3) is 0 Å². The molecule has 0 saturated heterocycles. The molecule has 0 saturated carbocycles. The summed E-state index contributed by atoms with van der Waals surface area (Å²) in [6, 6.07) is -0.706. The number of carbonyl (C=O) groups is 2. The Morgan fingerprint density at radius 2 is 1.75 bits per heavy atom. The molecule has 0 aromatic rings. The van der Waals surface area contributed by atoms with Crippen molar-refractivity contribution in [3.8, 4) is 0 Å². The van der Waals surface area contributed by atoms with E-state index in [1.54, 1.807) is 34.6 Å².